The molecule has 0 saturated carbocycles. The fourth-order valence-corrected chi connectivity index (χ4v) is 1.23. The van der Waals surface area contributed by atoms with Gasteiger partial charge in [-0.15, -0.1) is 0 Å². The average molecular weight is 204 g/mol. The van der Waals surface area contributed by atoms with Crippen LogP contribution < -0.4 is 11.1 Å². The van der Waals surface area contributed by atoms with Gasteiger partial charge in [0.05, 0.1) is 12.7 Å². The SMILES string of the molecule is COCC(CNCCCCCN)OC. The van der Waals surface area contributed by atoms with Gasteiger partial charge >= 0.3 is 0 Å². The van der Waals surface area contributed by atoms with Crippen molar-refractivity contribution in [3.63, 3.8) is 0 Å². The molecule has 0 heterocycles. The lowest BCUT2D eigenvalue weighted by Gasteiger charge is -2.14. The highest BCUT2D eigenvalue weighted by molar-refractivity contribution is 4.60. The Balaban J connectivity index is 3.15. The maximum absolute atomic E-state index is 5.40. The smallest absolute Gasteiger partial charge is 0.0928 e. The highest BCUT2D eigenvalue weighted by Crippen LogP contribution is 1.92. The van der Waals surface area contributed by atoms with Gasteiger partial charge in [-0.05, 0) is 25.9 Å². The molecule has 86 valence electrons. The predicted octanol–water partition coefficient (Wildman–Crippen LogP) is 0.366. The third-order valence-electron chi connectivity index (χ3n) is 2.12. The normalized spacial score (nSPS) is 13.1. The molecule has 0 fully saturated rings. The third kappa shape index (κ3) is 8.44. The molecule has 0 rings (SSSR count). The number of hydrogen-bond donors (Lipinski definition) is 2. The van der Waals surface area contributed by atoms with Gasteiger partial charge in [0.15, 0.2) is 0 Å². The molecule has 0 radical (unpaired) electrons. The Morgan fingerprint density at radius 2 is 2.00 bits per heavy atom. The molecular formula is C10H24N2O2. The van der Waals surface area contributed by atoms with Gasteiger partial charge in [0.1, 0.15) is 0 Å². The standard InChI is InChI=1S/C10H24N2O2/c1-13-9-10(14-2)8-12-7-5-3-4-6-11/h10,12H,3-9,11H2,1-2H3. The number of methoxy groups -OCH3 is 2. The van der Waals surface area contributed by atoms with E-state index in [0.717, 1.165) is 26.1 Å². The van der Waals surface area contributed by atoms with Gasteiger partial charge in [0.2, 0.25) is 0 Å². The molecule has 0 amide bonds. The van der Waals surface area contributed by atoms with Crippen LogP contribution in [0.3, 0.4) is 0 Å². The molecule has 0 aliphatic carbocycles. The number of hydrogen-bond acceptors (Lipinski definition) is 4. The van der Waals surface area contributed by atoms with Crippen LogP contribution in [0.2, 0.25) is 0 Å². The van der Waals surface area contributed by atoms with Crippen molar-refractivity contribution in [3.8, 4) is 0 Å². The van der Waals surface area contributed by atoms with Crippen molar-refractivity contribution in [2.45, 2.75) is 25.4 Å². The Morgan fingerprint density at radius 1 is 1.21 bits per heavy atom. The summed E-state index contributed by atoms with van der Waals surface area (Å²) < 4.78 is 10.2. The van der Waals surface area contributed by atoms with Crippen LogP contribution in [-0.4, -0.2) is 46.6 Å². The van der Waals surface area contributed by atoms with Crippen molar-refractivity contribution in [1.29, 1.82) is 0 Å². The molecule has 1 atom stereocenters. The van der Waals surface area contributed by atoms with Crippen LogP contribution in [0.15, 0.2) is 0 Å². The summed E-state index contributed by atoms with van der Waals surface area (Å²) in [7, 11) is 3.40. The van der Waals surface area contributed by atoms with E-state index in [4.69, 9.17) is 15.2 Å². The topological polar surface area (TPSA) is 56.5 Å². The maximum atomic E-state index is 5.40. The molecule has 1 unspecified atom stereocenters. The van der Waals surface area contributed by atoms with Gasteiger partial charge in [-0.1, -0.05) is 6.42 Å². The minimum absolute atomic E-state index is 0.162. The molecule has 0 aliphatic heterocycles. The zero-order valence-corrected chi connectivity index (χ0v) is 9.42. The lowest BCUT2D eigenvalue weighted by molar-refractivity contribution is 0.0290. The summed E-state index contributed by atoms with van der Waals surface area (Å²) >= 11 is 0. The molecule has 0 aromatic rings. The first kappa shape index (κ1) is 13.8. The molecular weight excluding hydrogens is 180 g/mol. The molecule has 0 aromatic carbocycles. The lowest BCUT2D eigenvalue weighted by Crippen LogP contribution is -2.32. The monoisotopic (exact) mass is 204 g/mol. The van der Waals surface area contributed by atoms with Crippen molar-refractivity contribution in [1.82, 2.24) is 5.32 Å². The van der Waals surface area contributed by atoms with Crippen LogP contribution >= 0.6 is 0 Å². The fourth-order valence-electron chi connectivity index (χ4n) is 1.23. The quantitative estimate of drug-likeness (QED) is 0.505. The molecule has 0 spiro atoms. The van der Waals surface area contributed by atoms with Gasteiger partial charge in [-0.3, -0.25) is 0 Å². The van der Waals surface area contributed by atoms with E-state index in [2.05, 4.69) is 5.32 Å². The summed E-state index contributed by atoms with van der Waals surface area (Å²) in [5.41, 5.74) is 5.40. The van der Waals surface area contributed by atoms with Gasteiger partial charge in [-0.2, -0.15) is 0 Å². The molecule has 4 heteroatoms. The van der Waals surface area contributed by atoms with E-state index in [-0.39, 0.29) is 6.10 Å². The molecule has 0 saturated heterocycles. The van der Waals surface area contributed by atoms with Crippen LogP contribution in [0.5, 0.6) is 0 Å². The second-order valence-electron chi connectivity index (χ2n) is 3.37. The highest BCUT2D eigenvalue weighted by atomic mass is 16.5. The van der Waals surface area contributed by atoms with Crippen LogP contribution in [0.1, 0.15) is 19.3 Å². The zero-order chi connectivity index (χ0) is 10.6. The van der Waals surface area contributed by atoms with Crippen molar-refractivity contribution in [2.75, 3.05) is 40.5 Å². The van der Waals surface area contributed by atoms with E-state index in [1.165, 1.54) is 12.8 Å². The van der Waals surface area contributed by atoms with Crippen molar-refractivity contribution in [2.24, 2.45) is 5.73 Å². The summed E-state index contributed by atoms with van der Waals surface area (Å²) in [4.78, 5) is 0. The van der Waals surface area contributed by atoms with Crippen LogP contribution in [0.25, 0.3) is 0 Å². The van der Waals surface area contributed by atoms with Gasteiger partial charge in [0, 0.05) is 20.8 Å². The van der Waals surface area contributed by atoms with E-state index in [9.17, 15) is 0 Å². The minimum atomic E-state index is 0.162. The van der Waals surface area contributed by atoms with Crippen molar-refractivity contribution >= 4 is 0 Å². The number of nitrogens with one attached hydrogen (secondary N) is 1. The second-order valence-corrected chi connectivity index (χ2v) is 3.37. The second kappa shape index (κ2) is 10.9. The van der Waals surface area contributed by atoms with E-state index in [0.29, 0.717) is 6.61 Å². The molecule has 3 N–H and O–H groups in total. The number of rotatable bonds is 10. The third-order valence-corrected chi connectivity index (χ3v) is 2.12. The Labute approximate surface area is 87.1 Å². The lowest BCUT2D eigenvalue weighted by atomic mass is 10.2. The molecule has 0 bridgehead atoms. The molecule has 4 nitrogen and oxygen atoms in total. The Bertz CT molecular complexity index is 112. The van der Waals surface area contributed by atoms with Crippen LogP contribution in [-0.2, 0) is 9.47 Å². The first-order chi connectivity index (χ1) is 6.85. The Kier molecular flexibility index (Phi) is 10.8. The summed E-state index contributed by atoms with van der Waals surface area (Å²) in [6, 6.07) is 0. The number of nitrogens with two attached hydrogens (primary N) is 1. The van der Waals surface area contributed by atoms with E-state index >= 15 is 0 Å². The fraction of sp³-hybridized carbons (Fsp3) is 1.00. The summed E-state index contributed by atoms with van der Waals surface area (Å²) in [5, 5.41) is 3.33. The summed E-state index contributed by atoms with van der Waals surface area (Å²) in [6.45, 7) is 3.33. The Morgan fingerprint density at radius 3 is 2.57 bits per heavy atom. The first-order valence-electron chi connectivity index (χ1n) is 5.27. The van der Waals surface area contributed by atoms with Gasteiger partial charge in [-0.25, -0.2) is 0 Å². The number of unbranched alkanes of at least 4 members (excludes halogenated alkanes) is 2. The molecule has 0 aliphatic rings. The van der Waals surface area contributed by atoms with Crippen molar-refractivity contribution in [3.05, 3.63) is 0 Å². The predicted molar refractivity (Wildman–Crippen MR) is 58.4 cm³/mol. The highest BCUT2D eigenvalue weighted by Gasteiger charge is 2.04. The van der Waals surface area contributed by atoms with Gasteiger partial charge in [0.25, 0.3) is 0 Å². The maximum Gasteiger partial charge on any atom is 0.0928 e. The van der Waals surface area contributed by atoms with E-state index in [1.54, 1.807) is 14.2 Å². The zero-order valence-electron chi connectivity index (χ0n) is 9.42. The van der Waals surface area contributed by atoms with E-state index in [1.807, 2.05) is 0 Å². The largest absolute Gasteiger partial charge is 0.382 e. The molecule has 0 aromatic heterocycles. The van der Waals surface area contributed by atoms with Gasteiger partial charge < -0.3 is 20.5 Å². The Hall–Kier alpha value is -0.160. The molecule has 14 heavy (non-hydrogen) atoms. The van der Waals surface area contributed by atoms with E-state index < -0.39 is 0 Å². The first-order valence-corrected chi connectivity index (χ1v) is 5.27. The van der Waals surface area contributed by atoms with Crippen LogP contribution in [0.4, 0.5) is 0 Å². The summed E-state index contributed by atoms with van der Waals surface area (Å²) in [5.74, 6) is 0. The average Bonchev–Trinajstić information content (AvgIpc) is 2.21. The summed E-state index contributed by atoms with van der Waals surface area (Å²) in [6.07, 6.45) is 3.66. The number of ether oxygens (including phenoxy) is 2. The van der Waals surface area contributed by atoms with Crippen LogP contribution in [0, 0.1) is 0 Å². The van der Waals surface area contributed by atoms with Crippen molar-refractivity contribution < 1.29 is 9.47 Å². The minimum Gasteiger partial charge on any atom is -0.382 e.